The molecule has 0 bridgehead atoms. The minimum Gasteiger partial charge on any atom is -0.388 e. The van der Waals surface area contributed by atoms with Gasteiger partial charge in [-0.25, -0.2) is 0 Å². The smallest absolute Gasteiger partial charge is 0.0802 e. The summed E-state index contributed by atoms with van der Waals surface area (Å²) in [7, 11) is 2.11. The molecule has 3 heteroatoms. The maximum Gasteiger partial charge on any atom is 0.0802 e. The lowest BCUT2D eigenvalue weighted by Gasteiger charge is -2.18. The van der Waals surface area contributed by atoms with Gasteiger partial charge in [-0.2, -0.15) is 0 Å². The Bertz CT molecular complexity index is 330. The summed E-state index contributed by atoms with van der Waals surface area (Å²) in [6, 6.07) is 7.89. The molecule has 0 aliphatic rings. The zero-order valence-electron chi connectivity index (χ0n) is 10.7. The maximum absolute atomic E-state index is 10.1. The van der Waals surface area contributed by atoms with E-state index in [1.807, 2.05) is 24.3 Å². The molecule has 0 saturated heterocycles. The van der Waals surface area contributed by atoms with Crippen LogP contribution >= 0.6 is 15.9 Å². The van der Waals surface area contributed by atoms with Gasteiger partial charge in [0.15, 0.2) is 0 Å². The molecule has 17 heavy (non-hydrogen) atoms. The van der Waals surface area contributed by atoms with E-state index in [2.05, 4.69) is 34.8 Å². The molecular weight excluding hydrogens is 278 g/mol. The van der Waals surface area contributed by atoms with Crippen molar-refractivity contribution in [2.45, 2.75) is 32.3 Å². The van der Waals surface area contributed by atoms with Gasteiger partial charge in [0.05, 0.1) is 6.10 Å². The van der Waals surface area contributed by atoms with Crippen molar-refractivity contribution in [3.8, 4) is 0 Å². The Balaban J connectivity index is 2.36. The summed E-state index contributed by atoms with van der Waals surface area (Å²) in [6.07, 6.45) is 2.87. The topological polar surface area (TPSA) is 23.5 Å². The molecule has 0 radical (unpaired) electrons. The monoisotopic (exact) mass is 299 g/mol. The summed E-state index contributed by atoms with van der Waals surface area (Å²) in [4.78, 5) is 2.28. The zero-order chi connectivity index (χ0) is 12.7. The number of nitrogens with zero attached hydrogens (tertiary/aromatic N) is 1. The summed E-state index contributed by atoms with van der Waals surface area (Å²) in [5.74, 6) is 0. The molecule has 0 spiro atoms. The first-order chi connectivity index (χ1) is 8.13. The third-order valence-electron chi connectivity index (χ3n) is 2.91. The van der Waals surface area contributed by atoms with E-state index >= 15 is 0 Å². The van der Waals surface area contributed by atoms with Crippen LogP contribution in [0.1, 0.15) is 37.9 Å². The molecule has 1 N–H and O–H groups in total. The standard InChI is InChI=1S/C14H22BrNO/c1-3-4-9-16(2)10-8-14(17)12-6-5-7-13(15)11-12/h5-7,11,14,17H,3-4,8-10H2,1-2H3. The first kappa shape index (κ1) is 14.7. The molecule has 0 aliphatic carbocycles. The first-order valence-electron chi connectivity index (χ1n) is 6.25. The van der Waals surface area contributed by atoms with Crippen LogP contribution in [-0.4, -0.2) is 30.1 Å². The van der Waals surface area contributed by atoms with Gasteiger partial charge < -0.3 is 10.0 Å². The molecule has 0 saturated carbocycles. The summed E-state index contributed by atoms with van der Waals surface area (Å²) in [5.41, 5.74) is 0.989. The predicted molar refractivity (Wildman–Crippen MR) is 76.1 cm³/mol. The van der Waals surface area contributed by atoms with Crippen molar-refractivity contribution in [2.24, 2.45) is 0 Å². The lowest BCUT2D eigenvalue weighted by Crippen LogP contribution is -2.22. The van der Waals surface area contributed by atoms with Crippen LogP contribution in [0.15, 0.2) is 28.7 Å². The Morgan fingerprint density at radius 2 is 2.12 bits per heavy atom. The molecule has 1 aromatic rings. The summed E-state index contributed by atoms with van der Waals surface area (Å²) in [6.45, 7) is 4.25. The molecular formula is C14H22BrNO. The fraction of sp³-hybridized carbons (Fsp3) is 0.571. The summed E-state index contributed by atoms with van der Waals surface area (Å²) >= 11 is 3.42. The number of benzene rings is 1. The average Bonchev–Trinajstić information content (AvgIpc) is 2.33. The zero-order valence-corrected chi connectivity index (χ0v) is 12.3. The van der Waals surface area contributed by atoms with Crippen LogP contribution in [0, 0.1) is 0 Å². The molecule has 0 heterocycles. The molecule has 0 aliphatic heterocycles. The van der Waals surface area contributed by atoms with E-state index in [-0.39, 0.29) is 6.10 Å². The average molecular weight is 300 g/mol. The first-order valence-corrected chi connectivity index (χ1v) is 7.05. The molecule has 0 aromatic heterocycles. The Hall–Kier alpha value is -0.380. The molecule has 1 atom stereocenters. The number of aliphatic hydroxyl groups is 1. The highest BCUT2D eigenvalue weighted by molar-refractivity contribution is 9.10. The minimum absolute atomic E-state index is 0.364. The van der Waals surface area contributed by atoms with Gasteiger partial charge in [0.1, 0.15) is 0 Å². The van der Waals surface area contributed by atoms with Gasteiger partial charge in [-0.05, 0) is 44.1 Å². The van der Waals surface area contributed by atoms with Crippen LogP contribution in [0.2, 0.25) is 0 Å². The molecule has 1 unspecified atom stereocenters. The van der Waals surface area contributed by atoms with Gasteiger partial charge in [0.25, 0.3) is 0 Å². The van der Waals surface area contributed by atoms with Crippen LogP contribution in [0.25, 0.3) is 0 Å². The second-order valence-electron chi connectivity index (χ2n) is 4.52. The van der Waals surface area contributed by atoms with Gasteiger partial charge >= 0.3 is 0 Å². The van der Waals surface area contributed by atoms with Crippen LogP contribution < -0.4 is 0 Å². The predicted octanol–water partition coefficient (Wildman–Crippen LogP) is 3.60. The Kier molecular flexibility index (Phi) is 6.78. The van der Waals surface area contributed by atoms with Crippen molar-refractivity contribution in [1.29, 1.82) is 0 Å². The number of unbranched alkanes of at least 4 members (excludes halogenated alkanes) is 1. The second-order valence-corrected chi connectivity index (χ2v) is 5.43. The van der Waals surface area contributed by atoms with Gasteiger partial charge in [0.2, 0.25) is 0 Å². The van der Waals surface area contributed by atoms with Gasteiger partial charge in [0, 0.05) is 11.0 Å². The van der Waals surface area contributed by atoms with Crippen molar-refractivity contribution in [3.63, 3.8) is 0 Å². The van der Waals surface area contributed by atoms with Crippen molar-refractivity contribution < 1.29 is 5.11 Å². The largest absolute Gasteiger partial charge is 0.388 e. The Morgan fingerprint density at radius 3 is 2.76 bits per heavy atom. The molecule has 0 amide bonds. The number of rotatable bonds is 7. The quantitative estimate of drug-likeness (QED) is 0.831. The number of aliphatic hydroxyl groups excluding tert-OH is 1. The number of hydrogen-bond acceptors (Lipinski definition) is 2. The van der Waals surface area contributed by atoms with Crippen LogP contribution in [0.5, 0.6) is 0 Å². The Labute approximate surface area is 113 Å². The van der Waals surface area contributed by atoms with E-state index in [1.165, 1.54) is 12.8 Å². The fourth-order valence-electron chi connectivity index (χ4n) is 1.76. The highest BCUT2D eigenvalue weighted by Gasteiger charge is 2.08. The second kappa shape index (κ2) is 7.85. The Morgan fingerprint density at radius 1 is 1.35 bits per heavy atom. The molecule has 0 fully saturated rings. The molecule has 96 valence electrons. The van der Waals surface area contributed by atoms with E-state index in [9.17, 15) is 5.11 Å². The SMILES string of the molecule is CCCCN(C)CCC(O)c1cccc(Br)c1. The van der Waals surface area contributed by atoms with Gasteiger partial charge in [-0.3, -0.25) is 0 Å². The van der Waals surface area contributed by atoms with Crippen LogP contribution in [0.3, 0.4) is 0 Å². The fourth-order valence-corrected chi connectivity index (χ4v) is 2.18. The third-order valence-corrected chi connectivity index (χ3v) is 3.40. The lowest BCUT2D eigenvalue weighted by atomic mass is 10.1. The maximum atomic E-state index is 10.1. The number of halogens is 1. The van der Waals surface area contributed by atoms with E-state index in [0.717, 1.165) is 29.5 Å². The van der Waals surface area contributed by atoms with E-state index < -0.39 is 0 Å². The highest BCUT2D eigenvalue weighted by Crippen LogP contribution is 2.20. The van der Waals surface area contributed by atoms with E-state index in [0.29, 0.717) is 0 Å². The number of hydrogen-bond donors (Lipinski definition) is 1. The molecule has 1 aromatic carbocycles. The lowest BCUT2D eigenvalue weighted by molar-refractivity contribution is 0.148. The normalized spacial score (nSPS) is 13.0. The van der Waals surface area contributed by atoms with Crippen molar-refractivity contribution >= 4 is 15.9 Å². The minimum atomic E-state index is -0.364. The van der Waals surface area contributed by atoms with E-state index in [1.54, 1.807) is 0 Å². The summed E-state index contributed by atoms with van der Waals surface area (Å²) in [5, 5.41) is 10.1. The molecule has 1 rings (SSSR count). The van der Waals surface area contributed by atoms with E-state index in [4.69, 9.17) is 0 Å². The third kappa shape index (κ3) is 5.66. The van der Waals surface area contributed by atoms with Crippen molar-refractivity contribution in [1.82, 2.24) is 4.90 Å². The molecule has 2 nitrogen and oxygen atoms in total. The highest BCUT2D eigenvalue weighted by atomic mass is 79.9. The van der Waals surface area contributed by atoms with Crippen LogP contribution in [0.4, 0.5) is 0 Å². The summed E-state index contributed by atoms with van der Waals surface area (Å²) < 4.78 is 1.02. The van der Waals surface area contributed by atoms with Crippen molar-refractivity contribution in [3.05, 3.63) is 34.3 Å². The van der Waals surface area contributed by atoms with Gasteiger partial charge in [-0.1, -0.05) is 41.4 Å². The van der Waals surface area contributed by atoms with Gasteiger partial charge in [-0.15, -0.1) is 0 Å². The van der Waals surface area contributed by atoms with Crippen molar-refractivity contribution in [2.75, 3.05) is 20.1 Å². The van der Waals surface area contributed by atoms with Crippen LogP contribution in [-0.2, 0) is 0 Å².